The molecule has 11 rings (SSSR count). The summed E-state index contributed by atoms with van der Waals surface area (Å²) in [6.45, 7) is 30.9. The van der Waals surface area contributed by atoms with Crippen molar-refractivity contribution in [1.82, 2.24) is 0 Å². The molecule has 0 saturated carbocycles. The smallest absolute Gasteiger partial charge is 0.252 e. The molecule has 326 valence electrons. The summed E-state index contributed by atoms with van der Waals surface area (Å²) >= 11 is 0. The van der Waals surface area contributed by atoms with Gasteiger partial charge in [0.2, 0.25) is 0 Å². The van der Waals surface area contributed by atoms with Crippen molar-refractivity contribution in [2.45, 2.75) is 162 Å². The van der Waals surface area contributed by atoms with E-state index in [9.17, 15) is 4.11 Å². The first kappa shape index (κ1) is 38.3. The Morgan fingerprint density at radius 1 is 0.422 bits per heavy atom. The number of anilines is 6. The van der Waals surface area contributed by atoms with Gasteiger partial charge < -0.3 is 9.80 Å². The molecule has 0 saturated heterocycles. The minimum Gasteiger partial charge on any atom is -0.311 e. The fourth-order valence-electron chi connectivity index (χ4n) is 14.1. The third-order valence-corrected chi connectivity index (χ3v) is 17.0. The fourth-order valence-corrected chi connectivity index (χ4v) is 14.1. The van der Waals surface area contributed by atoms with Crippen LogP contribution in [0.25, 0.3) is 11.1 Å². The molecular formula is C61H69BN2. The summed E-state index contributed by atoms with van der Waals surface area (Å²) in [5, 5.41) is 0. The number of benzene rings is 6. The molecule has 0 atom stereocenters. The molecule has 0 spiro atoms. The molecule has 0 bridgehead atoms. The van der Waals surface area contributed by atoms with E-state index in [1.165, 1.54) is 60.9 Å². The van der Waals surface area contributed by atoms with Crippen molar-refractivity contribution in [3.8, 4) is 11.1 Å². The SMILES string of the molecule is [2H]C([2H])([2H])c1cc2c3c(c1)N(c1cc4c(cc1C)C(C)(C)CCC4(C)C)c1cc4c(cc1B3c1ccc(-c3ccccc3)cc1N2c1cc2c(cc1C)C(C)(C)CC2(C)C)C(C)(C)CC4(C)C. The lowest BCUT2D eigenvalue weighted by Gasteiger charge is -2.47. The van der Waals surface area contributed by atoms with E-state index in [4.69, 9.17) is 0 Å². The highest BCUT2D eigenvalue weighted by Crippen LogP contribution is 2.56. The predicted octanol–water partition coefficient (Wildman–Crippen LogP) is 14.6. The maximum Gasteiger partial charge on any atom is 0.252 e. The summed E-state index contributed by atoms with van der Waals surface area (Å²) in [6.07, 6.45) is 4.38. The number of hydrogen-bond acceptors (Lipinski definition) is 2. The van der Waals surface area contributed by atoms with Crippen LogP contribution in [0, 0.1) is 20.7 Å². The minimum atomic E-state index is -2.36. The molecule has 0 N–H and O–H groups in total. The van der Waals surface area contributed by atoms with Crippen LogP contribution < -0.4 is 26.2 Å². The van der Waals surface area contributed by atoms with E-state index in [0.717, 1.165) is 70.9 Å². The largest absolute Gasteiger partial charge is 0.311 e. The van der Waals surface area contributed by atoms with Crippen molar-refractivity contribution >= 4 is 57.2 Å². The van der Waals surface area contributed by atoms with Gasteiger partial charge in [0.25, 0.3) is 6.71 Å². The second-order valence-electron chi connectivity index (χ2n) is 24.7. The van der Waals surface area contributed by atoms with Gasteiger partial charge in [-0.2, -0.15) is 0 Å². The zero-order valence-electron chi connectivity index (χ0n) is 44.0. The van der Waals surface area contributed by atoms with Gasteiger partial charge >= 0.3 is 0 Å². The molecule has 5 aliphatic rings. The van der Waals surface area contributed by atoms with Crippen molar-refractivity contribution in [1.29, 1.82) is 0 Å². The van der Waals surface area contributed by atoms with Crippen LogP contribution in [-0.4, -0.2) is 6.71 Å². The lowest BCUT2D eigenvalue weighted by Crippen LogP contribution is -2.61. The normalized spacial score (nSPS) is 21.4. The summed E-state index contributed by atoms with van der Waals surface area (Å²) in [7, 11) is 0. The Morgan fingerprint density at radius 3 is 1.38 bits per heavy atom. The van der Waals surface area contributed by atoms with Gasteiger partial charge in [0.05, 0.1) is 0 Å². The second kappa shape index (κ2) is 13.1. The van der Waals surface area contributed by atoms with Crippen LogP contribution in [0.15, 0.2) is 97.1 Å². The highest BCUT2D eigenvalue weighted by Gasteiger charge is 2.50. The predicted molar refractivity (Wildman–Crippen MR) is 277 cm³/mol. The zero-order valence-corrected chi connectivity index (χ0v) is 41.0. The Hall–Kier alpha value is -5.02. The van der Waals surface area contributed by atoms with E-state index in [0.29, 0.717) is 5.56 Å². The van der Waals surface area contributed by atoms with Gasteiger partial charge in [-0.15, -0.1) is 0 Å². The van der Waals surface area contributed by atoms with Crippen molar-refractivity contribution in [3.63, 3.8) is 0 Å². The molecule has 0 fully saturated rings. The maximum atomic E-state index is 9.20. The van der Waals surface area contributed by atoms with Gasteiger partial charge in [-0.1, -0.05) is 144 Å². The van der Waals surface area contributed by atoms with Crippen LogP contribution in [0.1, 0.15) is 163 Å². The molecule has 6 aromatic rings. The van der Waals surface area contributed by atoms with Crippen LogP contribution in [0.3, 0.4) is 0 Å². The van der Waals surface area contributed by atoms with Crippen LogP contribution in [0.2, 0.25) is 0 Å². The van der Waals surface area contributed by atoms with Gasteiger partial charge in [-0.25, -0.2) is 0 Å². The summed E-state index contributed by atoms with van der Waals surface area (Å²) in [4.78, 5) is 4.98. The van der Waals surface area contributed by atoms with Gasteiger partial charge in [0.1, 0.15) is 0 Å². The Balaban J connectivity index is 1.29. The van der Waals surface area contributed by atoms with E-state index < -0.39 is 6.85 Å². The molecule has 0 radical (unpaired) electrons. The molecule has 2 nitrogen and oxygen atoms in total. The van der Waals surface area contributed by atoms with E-state index in [2.05, 4.69) is 192 Å². The molecular weight excluding hydrogens is 771 g/mol. The van der Waals surface area contributed by atoms with Gasteiger partial charge in [0, 0.05) is 38.2 Å². The lowest BCUT2D eigenvalue weighted by molar-refractivity contribution is 0.332. The molecule has 64 heavy (non-hydrogen) atoms. The number of nitrogens with zero attached hydrogens (tertiary/aromatic N) is 2. The number of aryl methyl sites for hydroxylation is 3. The van der Waals surface area contributed by atoms with Crippen molar-refractivity contribution < 1.29 is 4.11 Å². The van der Waals surface area contributed by atoms with E-state index in [1.807, 2.05) is 12.1 Å². The lowest BCUT2D eigenvalue weighted by atomic mass is 9.33. The van der Waals surface area contributed by atoms with Crippen molar-refractivity contribution in [2.75, 3.05) is 9.80 Å². The highest BCUT2D eigenvalue weighted by atomic mass is 15.2. The highest BCUT2D eigenvalue weighted by molar-refractivity contribution is 7.00. The summed E-state index contributed by atoms with van der Waals surface area (Å²) in [6, 6.07) is 36.9. The molecule has 3 heteroatoms. The minimum absolute atomic E-state index is 0.0159. The Morgan fingerprint density at radius 2 is 0.859 bits per heavy atom. The summed E-state index contributed by atoms with van der Waals surface area (Å²) in [5.41, 5.74) is 23.7. The van der Waals surface area contributed by atoms with E-state index in [1.54, 1.807) is 0 Å². The average molecular weight is 844 g/mol. The third kappa shape index (κ3) is 5.83. The zero-order chi connectivity index (χ0) is 47.9. The monoisotopic (exact) mass is 844 g/mol. The van der Waals surface area contributed by atoms with Crippen molar-refractivity contribution in [2.24, 2.45) is 0 Å². The van der Waals surface area contributed by atoms with E-state index in [-0.39, 0.29) is 39.2 Å². The first-order valence-corrected chi connectivity index (χ1v) is 24.1. The van der Waals surface area contributed by atoms with E-state index >= 15 is 0 Å². The molecule has 6 aromatic carbocycles. The average Bonchev–Trinajstić information content (AvgIpc) is 3.54. The molecule has 0 aromatic heterocycles. The van der Waals surface area contributed by atoms with Crippen LogP contribution >= 0.6 is 0 Å². The van der Waals surface area contributed by atoms with Gasteiger partial charge in [-0.05, 0) is 193 Å². The fraction of sp³-hybridized carbons (Fsp3) is 0.410. The first-order chi connectivity index (χ1) is 31.1. The molecule has 2 aliphatic heterocycles. The van der Waals surface area contributed by atoms with Crippen LogP contribution in [0.5, 0.6) is 0 Å². The van der Waals surface area contributed by atoms with Crippen LogP contribution in [-0.2, 0) is 32.5 Å². The maximum absolute atomic E-state index is 9.20. The summed E-state index contributed by atoms with van der Waals surface area (Å²) in [5.74, 6) is 0. The standard InChI is InChI=1S/C61H69BN2/c1-36-25-53-55-54(26-36)64(49-31-44-41(27-37(49)2)56(4,5)23-24-57(44,6)7)52-33-46-43(59(10,11)35-61(46,14)15)30-48(52)62(55)47-22-21-40(39-19-17-16-18-20-39)29-51(47)63(53)50-32-45-42(28-38(50)3)58(8,9)34-60(45,12)13/h16-22,25-33H,23-24,34-35H2,1-15H3/i1D3. The quantitative estimate of drug-likeness (QED) is 0.164. The van der Waals surface area contributed by atoms with Gasteiger partial charge in [-0.3, -0.25) is 0 Å². The summed E-state index contributed by atoms with van der Waals surface area (Å²) < 4.78 is 27.6. The molecule has 0 unspecified atom stereocenters. The van der Waals surface area contributed by atoms with Gasteiger partial charge in [0.15, 0.2) is 0 Å². The number of hydrogen-bond donors (Lipinski definition) is 0. The number of rotatable bonds is 3. The first-order valence-electron chi connectivity index (χ1n) is 25.6. The van der Waals surface area contributed by atoms with Crippen molar-refractivity contribution in [3.05, 3.63) is 147 Å². The molecule has 2 heterocycles. The number of fused-ring (bicyclic) bond motifs is 7. The Labute approximate surface area is 389 Å². The Bertz CT molecular complexity index is 3110. The third-order valence-electron chi connectivity index (χ3n) is 17.0. The van der Waals surface area contributed by atoms with Crippen LogP contribution in [0.4, 0.5) is 34.1 Å². The second-order valence-corrected chi connectivity index (χ2v) is 24.7. The topological polar surface area (TPSA) is 6.48 Å². The molecule has 3 aliphatic carbocycles. The molecule has 0 amide bonds. The Kier molecular flexibility index (Phi) is 7.82.